The van der Waals surface area contributed by atoms with Gasteiger partial charge in [-0.15, -0.1) is 11.6 Å². The third-order valence-corrected chi connectivity index (χ3v) is 6.86. The first-order chi connectivity index (χ1) is 18.0. The summed E-state index contributed by atoms with van der Waals surface area (Å²) in [6.07, 6.45) is 23.7. The van der Waals surface area contributed by atoms with Gasteiger partial charge in [0.15, 0.2) is 0 Å². The normalized spacial score (nSPS) is 11.8. The number of rotatable bonds is 27. The van der Waals surface area contributed by atoms with Gasteiger partial charge in [0.1, 0.15) is 11.9 Å². The molecule has 1 N–H and O–H groups in total. The maximum Gasteiger partial charge on any atom is 0.329 e. The smallest absolute Gasteiger partial charge is 0.329 e. The first-order valence-corrected chi connectivity index (χ1v) is 15.8. The summed E-state index contributed by atoms with van der Waals surface area (Å²) in [4.78, 5) is 36.4. The van der Waals surface area contributed by atoms with Gasteiger partial charge in [0, 0.05) is 0 Å². The molecule has 0 aliphatic carbocycles. The van der Waals surface area contributed by atoms with E-state index in [9.17, 15) is 14.4 Å². The van der Waals surface area contributed by atoms with Crippen LogP contribution in [0.1, 0.15) is 149 Å². The molecule has 1 atom stereocenters. The third-order valence-electron chi connectivity index (χ3n) is 6.62. The summed E-state index contributed by atoms with van der Waals surface area (Å²) in [6, 6.07) is -1.06. The van der Waals surface area contributed by atoms with E-state index in [1.807, 2.05) is 0 Å². The minimum absolute atomic E-state index is 0.239. The monoisotopic (exact) mass is 545 g/mol. The summed E-state index contributed by atoms with van der Waals surface area (Å²) in [5, 5.41) is 2.48. The number of nitrogens with one attached hydrogen (secondary N) is 1. The minimum atomic E-state index is -1.06. The van der Waals surface area contributed by atoms with Crippen LogP contribution in [0.2, 0.25) is 0 Å². The highest BCUT2D eigenvalue weighted by Crippen LogP contribution is 2.12. The molecule has 6 nitrogen and oxygen atoms in total. The molecule has 0 aliphatic heterocycles. The second-order valence-corrected chi connectivity index (χ2v) is 10.5. The highest BCUT2D eigenvalue weighted by molar-refractivity contribution is 6.27. The Morgan fingerprint density at radius 3 is 1.38 bits per heavy atom. The Bertz CT molecular complexity index is 558. The van der Waals surface area contributed by atoms with Gasteiger partial charge in [-0.3, -0.25) is 9.59 Å². The molecular formula is C30H56ClNO5. The van der Waals surface area contributed by atoms with E-state index in [1.54, 1.807) is 0 Å². The standard InChI is InChI=1S/C30H56ClNO5/c1-3-5-7-9-11-13-15-17-19-21-23-36-29(34)25-27(32-28(33)26-31)30(35)37-24-22-20-18-16-14-12-10-8-6-4-2/h27H,3-26H2,1-2H3,(H,32,33)/t27-/m0/s1. The van der Waals surface area contributed by atoms with Crippen molar-refractivity contribution in [2.75, 3.05) is 19.1 Å². The van der Waals surface area contributed by atoms with Crippen LogP contribution in [0, 0.1) is 0 Å². The maximum atomic E-state index is 12.5. The predicted octanol–water partition coefficient (Wildman–Crippen LogP) is 8.03. The number of carbonyl (C=O) groups is 3. The fourth-order valence-electron chi connectivity index (χ4n) is 4.29. The molecule has 0 saturated carbocycles. The molecule has 0 bridgehead atoms. The van der Waals surface area contributed by atoms with E-state index < -0.39 is 23.9 Å². The lowest BCUT2D eigenvalue weighted by atomic mass is 10.1. The van der Waals surface area contributed by atoms with Crippen LogP contribution < -0.4 is 5.32 Å². The molecule has 0 spiro atoms. The zero-order valence-corrected chi connectivity index (χ0v) is 24.7. The zero-order valence-electron chi connectivity index (χ0n) is 24.0. The van der Waals surface area contributed by atoms with Gasteiger partial charge >= 0.3 is 11.9 Å². The topological polar surface area (TPSA) is 81.7 Å². The number of hydrogen-bond acceptors (Lipinski definition) is 5. The first kappa shape index (κ1) is 35.7. The molecule has 0 radical (unpaired) electrons. The van der Waals surface area contributed by atoms with E-state index in [1.165, 1.54) is 89.9 Å². The van der Waals surface area contributed by atoms with Crippen LogP contribution in [0.25, 0.3) is 0 Å². The number of esters is 2. The fourth-order valence-corrected chi connectivity index (χ4v) is 4.37. The molecule has 0 aromatic carbocycles. The van der Waals surface area contributed by atoms with Crippen LogP contribution in [0.3, 0.4) is 0 Å². The Balaban J connectivity index is 3.97. The average molecular weight is 546 g/mol. The van der Waals surface area contributed by atoms with E-state index in [0.29, 0.717) is 6.61 Å². The fraction of sp³-hybridized carbons (Fsp3) is 0.900. The SMILES string of the molecule is CCCCCCCCCCCCOC(=O)C[C@H](NC(=O)CCl)C(=O)OCCCCCCCCCCCC. The van der Waals surface area contributed by atoms with E-state index in [2.05, 4.69) is 19.2 Å². The van der Waals surface area contributed by atoms with Crippen LogP contribution in [0.5, 0.6) is 0 Å². The predicted molar refractivity (Wildman–Crippen MR) is 153 cm³/mol. The van der Waals surface area contributed by atoms with Gasteiger partial charge in [-0.2, -0.15) is 0 Å². The third kappa shape index (κ3) is 24.8. The molecule has 7 heteroatoms. The molecule has 0 aromatic heterocycles. The molecule has 0 heterocycles. The molecular weight excluding hydrogens is 490 g/mol. The molecule has 218 valence electrons. The highest BCUT2D eigenvalue weighted by atomic mass is 35.5. The molecule has 0 unspecified atom stereocenters. The Morgan fingerprint density at radius 1 is 0.595 bits per heavy atom. The first-order valence-electron chi connectivity index (χ1n) is 15.2. The molecule has 0 rings (SSSR count). The number of hydrogen-bond donors (Lipinski definition) is 1. The van der Waals surface area contributed by atoms with Gasteiger partial charge in [-0.05, 0) is 12.8 Å². The van der Waals surface area contributed by atoms with Gasteiger partial charge < -0.3 is 14.8 Å². The largest absolute Gasteiger partial charge is 0.466 e. The van der Waals surface area contributed by atoms with Gasteiger partial charge in [0.25, 0.3) is 0 Å². The second-order valence-electron chi connectivity index (χ2n) is 10.2. The van der Waals surface area contributed by atoms with Crippen molar-refractivity contribution >= 4 is 29.4 Å². The number of alkyl halides is 1. The van der Waals surface area contributed by atoms with Crippen molar-refractivity contribution in [2.24, 2.45) is 0 Å². The van der Waals surface area contributed by atoms with Gasteiger partial charge in [0.05, 0.1) is 19.6 Å². The van der Waals surface area contributed by atoms with Crippen molar-refractivity contribution in [2.45, 2.75) is 155 Å². The second kappa shape index (κ2) is 27.7. The Morgan fingerprint density at radius 2 is 0.973 bits per heavy atom. The van der Waals surface area contributed by atoms with E-state index in [4.69, 9.17) is 21.1 Å². The van der Waals surface area contributed by atoms with Gasteiger partial charge in [0.2, 0.25) is 5.91 Å². The maximum absolute atomic E-state index is 12.5. The minimum Gasteiger partial charge on any atom is -0.466 e. The van der Waals surface area contributed by atoms with Crippen molar-refractivity contribution in [1.29, 1.82) is 0 Å². The Labute approximate surface area is 232 Å². The summed E-state index contributed by atoms with van der Waals surface area (Å²) in [6.45, 7) is 5.08. The number of ether oxygens (including phenoxy) is 2. The van der Waals surface area contributed by atoms with Crippen molar-refractivity contribution in [1.82, 2.24) is 5.32 Å². The van der Waals surface area contributed by atoms with Crippen LogP contribution in [-0.2, 0) is 23.9 Å². The summed E-state index contributed by atoms with van der Waals surface area (Å²) < 4.78 is 10.6. The molecule has 0 saturated heterocycles. The lowest BCUT2D eigenvalue weighted by Gasteiger charge is -2.16. The lowest BCUT2D eigenvalue weighted by Crippen LogP contribution is -2.44. The highest BCUT2D eigenvalue weighted by Gasteiger charge is 2.25. The molecule has 0 fully saturated rings. The van der Waals surface area contributed by atoms with Crippen LogP contribution in [0.15, 0.2) is 0 Å². The molecule has 0 aromatic rings. The number of halogens is 1. The quantitative estimate of drug-likeness (QED) is 0.0641. The van der Waals surface area contributed by atoms with E-state index in [-0.39, 0.29) is 18.9 Å². The average Bonchev–Trinajstić information content (AvgIpc) is 2.89. The van der Waals surface area contributed by atoms with Crippen molar-refractivity contribution < 1.29 is 23.9 Å². The summed E-state index contributed by atoms with van der Waals surface area (Å²) in [5.74, 6) is -1.91. The van der Waals surface area contributed by atoms with Crippen molar-refractivity contribution in [3.05, 3.63) is 0 Å². The number of unbranched alkanes of at least 4 members (excludes halogenated alkanes) is 18. The van der Waals surface area contributed by atoms with Gasteiger partial charge in [-0.25, -0.2) is 4.79 Å². The van der Waals surface area contributed by atoms with Crippen LogP contribution in [-0.4, -0.2) is 43.0 Å². The number of amides is 1. The molecule has 0 aliphatic rings. The van der Waals surface area contributed by atoms with Crippen LogP contribution in [0.4, 0.5) is 0 Å². The van der Waals surface area contributed by atoms with E-state index >= 15 is 0 Å². The van der Waals surface area contributed by atoms with E-state index in [0.717, 1.165) is 38.5 Å². The van der Waals surface area contributed by atoms with Crippen LogP contribution >= 0.6 is 11.6 Å². The Kier molecular flexibility index (Phi) is 26.8. The molecule has 1 amide bonds. The number of carbonyl (C=O) groups excluding carboxylic acids is 3. The zero-order chi connectivity index (χ0) is 27.4. The molecule has 37 heavy (non-hydrogen) atoms. The summed E-state index contributed by atoms with van der Waals surface area (Å²) in [5.41, 5.74) is 0. The lowest BCUT2D eigenvalue weighted by molar-refractivity contribution is -0.153. The summed E-state index contributed by atoms with van der Waals surface area (Å²) in [7, 11) is 0. The van der Waals surface area contributed by atoms with Gasteiger partial charge in [-0.1, -0.05) is 129 Å². The summed E-state index contributed by atoms with van der Waals surface area (Å²) >= 11 is 5.57. The van der Waals surface area contributed by atoms with Crippen molar-refractivity contribution in [3.63, 3.8) is 0 Å². The Hall–Kier alpha value is -1.30. The van der Waals surface area contributed by atoms with Crippen molar-refractivity contribution in [3.8, 4) is 0 Å².